The van der Waals surface area contributed by atoms with E-state index in [9.17, 15) is 15.0 Å². The molecule has 1 aliphatic rings. The zero-order valence-corrected chi connectivity index (χ0v) is 18.5. The summed E-state index contributed by atoms with van der Waals surface area (Å²) in [4.78, 5) is 14.6. The molecule has 0 saturated heterocycles. The van der Waals surface area contributed by atoms with Crippen LogP contribution < -0.4 is 19.5 Å². The van der Waals surface area contributed by atoms with Gasteiger partial charge in [-0.3, -0.25) is 0 Å². The summed E-state index contributed by atoms with van der Waals surface area (Å²) in [6.07, 6.45) is 0.992. The van der Waals surface area contributed by atoms with Crippen molar-refractivity contribution in [2.24, 2.45) is 0 Å². The Bertz CT molecular complexity index is 927. The summed E-state index contributed by atoms with van der Waals surface area (Å²) in [5, 5.41) is 22.9. The van der Waals surface area contributed by atoms with Crippen molar-refractivity contribution in [1.29, 1.82) is 0 Å². The molecule has 2 aromatic carbocycles. The number of nitrogens with zero attached hydrogens (tertiary/aromatic N) is 1. The first-order valence-corrected chi connectivity index (χ1v) is 10.4. The number of phenols is 2. The maximum atomic E-state index is 12.8. The fourth-order valence-corrected chi connectivity index (χ4v) is 4.02. The van der Waals surface area contributed by atoms with Gasteiger partial charge in [-0.25, -0.2) is 4.79 Å². The number of phenolic OH excluding ortho intramolecular Hbond substituents is 2. The maximum Gasteiger partial charge on any atom is 0.317 e. The van der Waals surface area contributed by atoms with E-state index in [1.807, 2.05) is 12.1 Å². The van der Waals surface area contributed by atoms with E-state index in [2.05, 4.69) is 5.32 Å². The number of ether oxygens (including phenoxy) is 3. The first kappa shape index (κ1) is 22.7. The number of urea groups is 1. The highest BCUT2D eigenvalue weighted by atomic mass is 35.5. The number of carbonyl (C=O) groups excluding carboxylic acids is 1. The minimum absolute atomic E-state index is 0.176. The minimum Gasteiger partial charge on any atom is -0.504 e. The number of amides is 2. The molecule has 0 bridgehead atoms. The molecule has 31 heavy (non-hydrogen) atoms. The van der Waals surface area contributed by atoms with Crippen LogP contribution in [0.2, 0.25) is 0 Å². The number of nitrogens with one attached hydrogen (secondary N) is 1. The molecule has 2 amide bonds. The standard InChI is InChI=1S/C22H27ClN2O6/c1-29-19-9-13(10-20(30-2)21(19)31-3)8-16-15-12-18(27)17(26)11-14(15)4-7-25(16)22(28)24-6-5-23/h9-12,16,26-27H,4-8H2,1-3H3,(H,24,28). The Hall–Kier alpha value is -3.00. The quantitative estimate of drug-likeness (QED) is 0.442. The van der Waals surface area contributed by atoms with E-state index in [0.29, 0.717) is 49.1 Å². The third kappa shape index (κ3) is 4.69. The third-order valence-electron chi connectivity index (χ3n) is 5.38. The van der Waals surface area contributed by atoms with Gasteiger partial charge < -0.3 is 34.6 Å². The smallest absolute Gasteiger partial charge is 0.317 e. The van der Waals surface area contributed by atoms with Gasteiger partial charge >= 0.3 is 6.03 Å². The van der Waals surface area contributed by atoms with Crippen molar-refractivity contribution < 1.29 is 29.2 Å². The van der Waals surface area contributed by atoms with Crippen LogP contribution in [0.25, 0.3) is 0 Å². The average Bonchev–Trinajstić information content (AvgIpc) is 2.77. The molecule has 1 unspecified atom stereocenters. The molecule has 0 spiro atoms. The molecule has 168 valence electrons. The predicted octanol–water partition coefficient (Wildman–Crippen LogP) is 3.21. The molecule has 2 aromatic rings. The summed E-state index contributed by atoms with van der Waals surface area (Å²) in [6, 6.07) is 6.13. The topological polar surface area (TPSA) is 100 Å². The van der Waals surface area contributed by atoms with Crippen molar-refractivity contribution in [1.82, 2.24) is 10.2 Å². The van der Waals surface area contributed by atoms with Crippen LogP contribution >= 0.6 is 11.6 Å². The monoisotopic (exact) mass is 450 g/mol. The van der Waals surface area contributed by atoms with Crippen molar-refractivity contribution >= 4 is 17.6 Å². The van der Waals surface area contributed by atoms with E-state index >= 15 is 0 Å². The van der Waals surface area contributed by atoms with Gasteiger partial charge in [-0.1, -0.05) is 0 Å². The van der Waals surface area contributed by atoms with Gasteiger partial charge in [-0.05, 0) is 53.8 Å². The Kier molecular flexibility index (Phi) is 7.22. The van der Waals surface area contributed by atoms with E-state index in [1.165, 1.54) is 13.2 Å². The Labute approximate surface area is 186 Å². The molecular formula is C22H27ClN2O6. The average molecular weight is 451 g/mol. The lowest BCUT2D eigenvalue weighted by atomic mass is 9.88. The molecule has 8 nitrogen and oxygen atoms in total. The van der Waals surface area contributed by atoms with Crippen LogP contribution in [0.15, 0.2) is 24.3 Å². The van der Waals surface area contributed by atoms with Gasteiger partial charge in [0, 0.05) is 19.0 Å². The van der Waals surface area contributed by atoms with E-state index in [-0.39, 0.29) is 23.6 Å². The van der Waals surface area contributed by atoms with Crippen LogP contribution in [0, 0.1) is 0 Å². The lowest BCUT2D eigenvalue weighted by Gasteiger charge is -2.37. The number of alkyl halides is 1. The summed E-state index contributed by atoms with van der Waals surface area (Å²) in [5.74, 6) is 1.42. The number of fused-ring (bicyclic) bond motifs is 1. The number of carbonyl (C=O) groups is 1. The lowest BCUT2D eigenvalue weighted by Crippen LogP contribution is -2.46. The highest BCUT2D eigenvalue weighted by Gasteiger charge is 2.32. The number of methoxy groups -OCH3 is 3. The van der Waals surface area contributed by atoms with Gasteiger partial charge in [-0.15, -0.1) is 11.6 Å². The summed E-state index contributed by atoms with van der Waals surface area (Å²) >= 11 is 5.73. The van der Waals surface area contributed by atoms with Crippen LogP contribution in [-0.4, -0.2) is 61.4 Å². The minimum atomic E-state index is -0.381. The number of rotatable bonds is 7. The summed E-state index contributed by atoms with van der Waals surface area (Å²) in [7, 11) is 4.63. The Morgan fingerprint density at radius 3 is 2.32 bits per heavy atom. The number of aromatic hydroxyl groups is 2. The summed E-state index contributed by atoms with van der Waals surface area (Å²) in [5.41, 5.74) is 2.51. The zero-order chi connectivity index (χ0) is 22.5. The number of hydrogen-bond donors (Lipinski definition) is 3. The molecule has 0 aromatic heterocycles. The van der Waals surface area contributed by atoms with Gasteiger partial charge in [-0.2, -0.15) is 0 Å². The first-order chi connectivity index (χ1) is 14.9. The fraction of sp³-hybridized carbons (Fsp3) is 0.409. The summed E-state index contributed by atoms with van der Waals surface area (Å²) in [6.45, 7) is 0.807. The van der Waals surface area contributed by atoms with E-state index < -0.39 is 0 Å². The van der Waals surface area contributed by atoms with Crippen molar-refractivity contribution in [2.45, 2.75) is 18.9 Å². The molecule has 9 heteroatoms. The van der Waals surface area contributed by atoms with Crippen molar-refractivity contribution in [3.8, 4) is 28.7 Å². The largest absolute Gasteiger partial charge is 0.504 e. The molecule has 0 fully saturated rings. The molecule has 3 rings (SSSR count). The second-order valence-corrected chi connectivity index (χ2v) is 7.54. The van der Waals surface area contributed by atoms with Crippen LogP contribution in [0.5, 0.6) is 28.7 Å². The summed E-state index contributed by atoms with van der Waals surface area (Å²) < 4.78 is 16.3. The van der Waals surface area contributed by atoms with E-state index in [1.54, 1.807) is 25.2 Å². The first-order valence-electron chi connectivity index (χ1n) is 9.87. The number of hydrogen-bond acceptors (Lipinski definition) is 6. The van der Waals surface area contributed by atoms with Gasteiger partial charge in [0.1, 0.15) is 0 Å². The van der Waals surface area contributed by atoms with Crippen LogP contribution in [0.1, 0.15) is 22.7 Å². The normalized spacial score (nSPS) is 15.2. The van der Waals surface area contributed by atoms with Gasteiger partial charge in [0.15, 0.2) is 23.0 Å². The van der Waals surface area contributed by atoms with Gasteiger partial charge in [0.25, 0.3) is 0 Å². The Morgan fingerprint density at radius 1 is 1.10 bits per heavy atom. The highest BCUT2D eigenvalue weighted by Crippen LogP contribution is 2.42. The maximum absolute atomic E-state index is 12.8. The third-order valence-corrected chi connectivity index (χ3v) is 5.57. The second-order valence-electron chi connectivity index (χ2n) is 7.16. The van der Waals surface area contributed by atoms with Gasteiger partial charge in [0.05, 0.1) is 27.4 Å². The molecule has 0 aliphatic carbocycles. The predicted molar refractivity (Wildman–Crippen MR) is 117 cm³/mol. The molecule has 0 radical (unpaired) electrons. The van der Waals surface area contributed by atoms with Crippen molar-refractivity contribution in [3.63, 3.8) is 0 Å². The van der Waals surface area contributed by atoms with Crippen LogP contribution in [0.4, 0.5) is 4.79 Å². The van der Waals surface area contributed by atoms with E-state index in [4.69, 9.17) is 25.8 Å². The van der Waals surface area contributed by atoms with Crippen LogP contribution in [0.3, 0.4) is 0 Å². The van der Waals surface area contributed by atoms with Crippen molar-refractivity contribution in [3.05, 3.63) is 41.0 Å². The molecule has 1 aliphatic heterocycles. The molecular weight excluding hydrogens is 424 g/mol. The lowest BCUT2D eigenvalue weighted by molar-refractivity contribution is 0.169. The van der Waals surface area contributed by atoms with Gasteiger partial charge in [0.2, 0.25) is 5.75 Å². The molecule has 3 N–H and O–H groups in total. The zero-order valence-electron chi connectivity index (χ0n) is 17.8. The Balaban J connectivity index is 2.04. The highest BCUT2D eigenvalue weighted by molar-refractivity contribution is 6.18. The second kappa shape index (κ2) is 9.87. The SMILES string of the molecule is COc1cc(CC2c3cc(O)c(O)cc3CCN2C(=O)NCCCl)cc(OC)c1OC. The molecule has 0 saturated carbocycles. The molecule has 1 heterocycles. The number of halogens is 1. The Morgan fingerprint density at radius 2 is 1.74 bits per heavy atom. The van der Waals surface area contributed by atoms with E-state index in [0.717, 1.165) is 16.7 Å². The molecule has 1 atom stereocenters. The van der Waals surface area contributed by atoms with Crippen molar-refractivity contribution in [2.75, 3.05) is 40.3 Å². The van der Waals surface area contributed by atoms with Crippen LogP contribution in [-0.2, 0) is 12.8 Å². The number of benzene rings is 2. The fourth-order valence-electron chi connectivity index (χ4n) is 3.92.